The van der Waals surface area contributed by atoms with E-state index in [1.54, 1.807) is 23.1 Å². The van der Waals surface area contributed by atoms with E-state index < -0.39 is 0 Å². The number of hydrogen-bond donors (Lipinski definition) is 1. The van der Waals surface area contributed by atoms with Gasteiger partial charge < -0.3 is 15.1 Å². The number of benzene rings is 2. The van der Waals surface area contributed by atoms with E-state index >= 15 is 0 Å². The third-order valence-electron chi connectivity index (χ3n) is 5.58. The molecule has 7 heteroatoms. The van der Waals surface area contributed by atoms with Crippen molar-refractivity contribution in [3.8, 4) is 0 Å². The molecule has 30 heavy (non-hydrogen) atoms. The van der Waals surface area contributed by atoms with Crippen molar-refractivity contribution in [2.45, 2.75) is 38.8 Å². The van der Waals surface area contributed by atoms with Gasteiger partial charge in [0.2, 0.25) is 0 Å². The molecule has 1 N–H and O–H groups in total. The van der Waals surface area contributed by atoms with Crippen LogP contribution in [0.15, 0.2) is 42.5 Å². The lowest BCUT2D eigenvalue weighted by Crippen LogP contribution is -2.45. The van der Waals surface area contributed by atoms with Crippen LogP contribution in [0.1, 0.15) is 47.4 Å². The zero-order valence-corrected chi connectivity index (χ0v) is 19.0. The molecule has 5 nitrogen and oxygen atoms in total. The van der Waals surface area contributed by atoms with E-state index in [0.717, 1.165) is 31.6 Å². The molecule has 0 radical (unpaired) electrons. The van der Waals surface area contributed by atoms with Crippen LogP contribution >= 0.6 is 23.2 Å². The summed E-state index contributed by atoms with van der Waals surface area (Å²) >= 11 is 12.1. The van der Waals surface area contributed by atoms with E-state index in [0.29, 0.717) is 21.2 Å². The fourth-order valence-electron chi connectivity index (χ4n) is 3.56. The number of carbonyl (C=O) groups excluding carboxylic acids is 2. The number of para-hydroxylation sites is 1. The lowest BCUT2D eigenvalue weighted by molar-refractivity contribution is 0.0755. The van der Waals surface area contributed by atoms with Crippen molar-refractivity contribution in [2.24, 2.45) is 0 Å². The number of nitrogens with one attached hydrogen (secondary N) is 1. The third kappa shape index (κ3) is 5.08. The molecule has 0 unspecified atom stereocenters. The Kier molecular flexibility index (Phi) is 7.27. The maximum Gasteiger partial charge on any atom is 0.255 e. The number of piperidine rings is 1. The SMILES string of the molecule is CC(C)N(C)C(=O)c1ccccc1N1CCC(NC(=O)c2ccc(Cl)cc2Cl)CC1. The predicted molar refractivity (Wildman–Crippen MR) is 123 cm³/mol. The van der Waals surface area contributed by atoms with Crippen molar-refractivity contribution in [3.05, 3.63) is 63.6 Å². The summed E-state index contributed by atoms with van der Waals surface area (Å²) < 4.78 is 0. The van der Waals surface area contributed by atoms with E-state index in [-0.39, 0.29) is 23.9 Å². The maximum absolute atomic E-state index is 12.9. The van der Waals surface area contributed by atoms with Crippen LogP contribution < -0.4 is 10.2 Å². The fourth-order valence-corrected chi connectivity index (χ4v) is 4.05. The van der Waals surface area contributed by atoms with Crippen LogP contribution in [0.5, 0.6) is 0 Å². The first-order chi connectivity index (χ1) is 14.3. The van der Waals surface area contributed by atoms with Gasteiger partial charge in [-0.05, 0) is 57.0 Å². The van der Waals surface area contributed by atoms with Crippen LogP contribution in [0.3, 0.4) is 0 Å². The maximum atomic E-state index is 12.9. The quantitative estimate of drug-likeness (QED) is 0.710. The minimum absolute atomic E-state index is 0.0217. The normalized spacial score (nSPS) is 14.7. The van der Waals surface area contributed by atoms with Gasteiger partial charge >= 0.3 is 0 Å². The van der Waals surface area contributed by atoms with Gasteiger partial charge in [0.15, 0.2) is 0 Å². The Labute approximate surface area is 187 Å². The molecule has 0 aliphatic carbocycles. The summed E-state index contributed by atoms with van der Waals surface area (Å²) in [5.41, 5.74) is 2.08. The largest absolute Gasteiger partial charge is 0.371 e. The average Bonchev–Trinajstić information content (AvgIpc) is 2.73. The van der Waals surface area contributed by atoms with Crippen molar-refractivity contribution >= 4 is 40.7 Å². The standard InChI is InChI=1S/C23H27Cl2N3O2/c1-15(2)27(3)23(30)19-6-4-5-7-21(19)28-12-10-17(11-13-28)26-22(29)18-9-8-16(24)14-20(18)25/h4-9,14-15,17H,10-13H2,1-3H3,(H,26,29). The summed E-state index contributed by atoms with van der Waals surface area (Å²) in [5, 5.41) is 3.92. The monoisotopic (exact) mass is 447 g/mol. The molecular formula is C23H27Cl2N3O2. The van der Waals surface area contributed by atoms with Crippen molar-refractivity contribution in [2.75, 3.05) is 25.0 Å². The van der Waals surface area contributed by atoms with Gasteiger partial charge in [0.05, 0.1) is 16.1 Å². The number of halogens is 2. The molecule has 0 bridgehead atoms. The lowest BCUT2D eigenvalue weighted by atomic mass is 10.0. The molecule has 1 saturated heterocycles. The Morgan fingerprint density at radius 3 is 2.37 bits per heavy atom. The molecule has 2 aromatic carbocycles. The molecule has 160 valence electrons. The van der Waals surface area contributed by atoms with Gasteiger partial charge in [-0.15, -0.1) is 0 Å². The van der Waals surface area contributed by atoms with Crippen LogP contribution in [0.2, 0.25) is 10.0 Å². The summed E-state index contributed by atoms with van der Waals surface area (Å²) in [6, 6.07) is 12.8. The summed E-state index contributed by atoms with van der Waals surface area (Å²) in [6.45, 7) is 5.52. The summed E-state index contributed by atoms with van der Waals surface area (Å²) in [5.74, 6) is -0.169. The molecule has 0 spiro atoms. The Bertz CT molecular complexity index is 924. The van der Waals surface area contributed by atoms with Crippen molar-refractivity contribution in [3.63, 3.8) is 0 Å². The van der Waals surface area contributed by atoms with Crippen LogP contribution in [-0.4, -0.2) is 48.9 Å². The Hall–Kier alpha value is -2.24. The molecule has 3 rings (SSSR count). The molecule has 1 fully saturated rings. The van der Waals surface area contributed by atoms with Crippen LogP contribution in [0.4, 0.5) is 5.69 Å². The number of hydrogen-bond acceptors (Lipinski definition) is 3. The van der Waals surface area contributed by atoms with Crippen LogP contribution in [0.25, 0.3) is 0 Å². The van der Waals surface area contributed by atoms with Crippen molar-refractivity contribution in [1.29, 1.82) is 0 Å². The molecule has 0 atom stereocenters. The lowest BCUT2D eigenvalue weighted by Gasteiger charge is -2.35. The Balaban J connectivity index is 1.65. The van der Waals surface area contributed by atoms with E-state index in [1.165, 1.54) is 0 Å². The summed E-state index contributed by atoms with van der Waals surface area (Å²) in [6.07, 6.45) is 1.58. The van der Waals surface area contributed by atoms with Crippen molar-refractivity contribution < 1.29 is 9.59 Å². The van der Waals surface area contributed by atoms with Crippen molar-refractivity contribution in [1.82, 2.24) is 10.2 Å². The number of amides is 2. The zero-order chi connectivity index (χ0) is 21.8. The first kappa shape index (κ1) is 22.4. The highest BCUT2D eigenvalue weighted by Gasteiger charge is 2.26. The van der Waals surface area contributed by atoms with E-state index in [4.69, 9.17) is 23.2 Å². The molecule has 1 aliphatic heterocycles. The molecule has 1 heterocycles. The molecule has 0 aromatic heterocycles. The number of carbonyl (C=O) groups is 2. The van der Waals surface area contributed by atoms with E-state index in [1.807, 2.05) is 45.2 Å². The number of nitrogens with zero attached hydrogens (tertiary/aromatic N) is 2. The minimum Gasteiger partial charge on any atom is -0.371 e. The highest BCUT2D eigenvalue weighted by atomic mass is 35.5. The average molecular weight is 448 g/mol. The fraction of sp³-hybridized carbons (Fsp3) is 0.391. The third-order valence-corrected chi connectivity index (χ3v) is 6.12. The minimum atomic E-state index is -0.191. The van der Waals surface area contributed by atoms with Crippen LogP contribution in [-0.2, 0) is 0 Å². The second-order valence-electron chi connectivity index (χ2n) is 7.89. The molecule has 0 saturated carbocycles. The summed E-state index contributed by atoms with van der Waals surface area (Å²) in [4.78, 5) is 29.4. The van der Waals surface area contributed by atoms with E-state index in [2.05, 4.69) is 10.2 Å². The highest BCUT2D eigenvalue weighted by molar-refractivity contribution is 6.36. The Morgan fingerprint density at radius 2 is 1.73 bits per heavy atom. The summed E-state index contributed by atoms with van der Waals surface area (Å²) in [7, 11) is 1.83. The molecular weight excluding hydrogens is 421 g/mol. The van der Waals surface area contributed by atoms with Gasteiger partial charge in [0, 0.05) is 42.9 Å². The first-order valence-electron chi connectivity index (χ1n) is 10.1. The van der Waals surface area contributed by atoms with E-state index in [9.17, 15) is 9.59 Å². The topological polar surface area (TPSA) is 52.7 Å². The van der Waals surface area contributed by atoms with Gasteiger partial charge in [-0.2, -0.15) is 0 Å². The Morgan fingerprint density at radius 1 is 1.07 bits per heavy atom. The molecule has 2 aromatic rings. The van der Waals surface area contributed by atoms with Gasteiger partial charge in [-0.25, -0.2) is 0 Å². The molecule has 1 aliphatic rings. The molecule has 2 amide bonds. The number of anilines is 1. The van der Waals surface area contributed by atoms with Gasteiger partial charge in [0.1, 0.15) is 0 Å². The predicted octanol–water partition coefficient (Wildman–Crippen LogP) is 4.87. The zero-order valence-electron chi connectivity index (χ0n) is 17.5. The van der Waals surface area contributed by atoms with Crippen LogP contribution in [0, 0.1) is 0 Å². The second kappa shape index (κ2) is 9.71. The highest BCUT2D eigenvalue weighted by Crippen LogP contribution is 2.26. The smallest absolute Gasteiger partial charge is 0.255 e. The van der Waals surface area contributed by atoms with Gasteiger partial charge in [0.25, 0.3) is 11.8 Å². The first-order valence-corrected chi connectivity index (χ1v) is 10.9. The number of rotatable bonds is 5. The van der Waals surface area contributed by atoms with Gasteiger partial charge in [-0.1, -0.05) is 35.3 Å². The second-order valence-corrected chi connectivity index (χ2v) is 8.73. The van der Waals surface area contributed by atoms with Gasteiger partial charge in [-0.3, -0.25) is 9.59 Å².